The van der Waals surface area contributed by atoms with E-state index in [4.69, 9.17) is 19.7 Å². The molecule has 1 aliphatic heterocycles. The predicted octanol–water partition coefficient (Wildman–Crippen LogP) is 3.52. The average molecular weight is 418 g/mol. The van der Waals surface area contributed by atoms with Crippen molar-refractivity contribution in [1.82, 2.24) is 4.90 Å². The monoisotopic (exact) mass is 418 g/mol. The topological polar surface area (TPSA) is 131 Å². The van der Waals surface area contributed by atoms with Crippen LogP contribution in [0.5, 0.6) is 0 Å². The number of benzene rings is 1. The zero-order valence-electron chi connectivity index (χ0n) is 17.5. The molecule has 0 aliphatic carbocycles. The van der Waals surface area contributed by atoms with Crippen molar-refractivity contribution >= 4 is 18.0 Å². The number of carbonyl (C=O) groups excluding carboxylic acids is 3. The number of piperidine rings is 1. The average Bonchev–Trinajstić information content (AvgIpc) is 2.66. The lowest BCUT2D eigenvalue weighted by molar-refractivity contribution is -0.173. The first kappa shape index (κ1) is 23.0. The number of ether oxygens (including phenoxy) is 3. The van der Waals surface area contributed by atoms with Gasteiger partial charge < -0.3 is 19.1 Å². The number of hydrogen-bond donors (Lipinski definition) is 0. The van der Waals surface area contributed by atoms with E-state index in [2.05, 4.69) is 10.0 Å². The highest BCUT2D eigenvalue weighted by molar-refractivity contribution is 5.80. The Labute approximate surface area is 174 Å². The highest BCUT2D eigenvalue weighted by atomic mass is 16.6. The Kier molecular flexibility index (Phi) is 7.66. The van der Waals surface area contributed by atoms with Gasteiger partial charge in [-0.05, 0) is 26.3 Å². The quantitative estimate of drug-likeness (QED) is 0.236. The molecule has 0 bridgehead atoms. The number of hydrogen-bond acceptors (Lipinski definition) is 7. The van der Waals surface area contributed by atoms with Gasteiger partial charge in [-0.25, -0.2) is 9.59 Å². The van der Waals surface area contributed by atoms with E-state index in [1.54, 1.807) is 51.1 Å². The van der Waals surface area contributed by atoms with Crippen LogP contribution >= 0.6 is 0 Å². The van der Waals surface area contributed by atoms with Gasteiger partial charge in [-0.2, -0.15) is 0 Å². The number of azide groups is 1. The van der Waals surface area contributed by atoms with Crippen molar-refractivity contribution in [3.05, 3.63) is 46.3 Å². The maximum atomic E-state index is 12.8. The van der Waals surface area contributed by atoms with E-state index < -0.39 is 41.9 Å². The molecule has 162 valence electrons. The van der Waals surface area contributed by atoms with Gasteiger partial charge in [0.05, 0.1) is 6.04 Å². The van der Waals surface area contributed by atoms with Crippen molar-refractivity contribution in [2.24, 2.45) is 5.11 Å². The molecule has 0 radical (unpaired) electrons. The summed E-state index contributed by atoms with van der Waals surface area (Å²) in [6, 6.07) is 7.68. The van der Waals surface area contributed by atoms with Gasteiger partial charge in [0.25, 0.3) is 0 Å². The largest absolute Gasteiger partial charge is 0.459 e. The summed E-state index contributed by atoms with van der Waals surface area (Å²) in [5, 5.41) is 3.69. The van der Waals surface area contributed by atoms with E-state index in [1.165, 1.54) is 11.8 Å². The van der Waals surface area contributed by atoms with Crippen LogP contribution in [-0.2, 0) is 23.8 Å². The van der Waals surface area contributed by atoms with Crippen LogP contribution in [0.1, 0.15) is 45.8 Å². The van der Waals surface area contributed by atoms with Crippen LogP contribution in [0.4, 0.5) is 4.79 Å². The summed E-state index contributed by atoms with van der Waals surface area (Å²) >= 11 is 0. The van der Waals surface area contributed by atoms with Gasteiger partial charge in [0.15, 0.2) is 0 Å². The number of amides is 1. The lowest BCUT2D eigenvalue weighted by atomic mass is 10.0. The van der Waals surface area contributed by atoms with Crippen LogP contribution < -0.4 is 0 Å². The molecule has 30 heavy (non-hydrogen) atoms. The molecule has 1 fully saturated rings. The summed E-state index contributed by atoms with van der Waals surface area (Å²) in [5.41, 5.74) is 8.70. The molecule has 0 N–H and O–H groups in total. The Bertz CT molecular complexity index is 816. The van der Waals surface area contributed by atoms with Crippen molar-refractivity contribution < 1.29 is 28.6 Å². The predicted molar refractivity (Wildman–Crippen MR) is 106 cm³/mol. The van der Waals surface area contributed by atoms with Crippen molar-refractivity contribution in [1.29, 1.82) is 0 Å². The Morgan fingerprint density at radius 1 is 1.23 bits per heavy atom. The van der Waals surface area contributed by atoms with Crippen molar-refractivity contribution in [2.75, 3.05) is 13.1 Å². The van der Waals surface area contributed by atoms with Crippen LogP contribution in [0.25, 0.3) is 10.4 Å². The fraction of sp³-hybridized carbons (Fsp3) is 0.550. The third-order valence-electron chi connectivity index (χ3n) is 4.24. The minimum absolute atomic E-state index is 0.0422. The van der Waals surface area contributed by atoms with Gasteiger partial charge in [-0.1, -0.05) is 35.4 Å². The van der Waals surface area contributed by atoms with E-state index in [1.807, 2.05) is 0 Å². The van der Waals surface area contributed by atoms with Crippen molar-refractivity contribution in [3.63, 3.8) is 0 Å². The van der Waals surface area contributed by atoms with E-state index in [-0.39, 0.29) is 19.5 Å². The number of esters is 2. The summed E-state index contributed by atoms with van der Waals surface area (Å²) in [7, 11) is 0. The summed E-state index contributed by atoms with van der Waals surface area (Å²) in [6.07, 6.45) is -2.29. The fourth-order valence-electron chi connectivity index (χ4n) is 2.97. The highest BCUT2D eigenvalue weighted by Crippen LogP contribution is 2.25. The second-order valence-corrected chi connectivity index (χ2v) is 7.86. The second kappa shape index (κ2) is 9.98. The summed E-state index contributed by atoms with van der Waals surface area (Å²) in [6.45, 7) is 6.76. The smallest absolute Gasteiger partial charge is 0.410 e. The molecule has 1 heterocycles. The molecule has 0 unspecified atom stereocenters. The molecule has 3 atom stereocenters. The molecule has 0 saturated carbocycles. The molecule has 0 aromatic heterocycles. The molecule has 10 heteroatoms. The summed E-state index contributed by atoms with van der Waals surface area (Å²) in [5.74, 6) is -1.41. The Morgan fingerprint density at radius 2 is 1.90 bits per heavy atom. The first-order valence-corrected chi connectivity index (χ1v) is 9.55. The molecule has 1 aromatic rings. The molecular weight excluding hydrogens is 392 g/mol. The van der Waals surface area contributed by atoms with Crippen LogP contribution in [0.2, 0.25) is 0 Å². The number of nitrogens with zero attached hydrogens (tertiary/aromatic N) is 4. The Balaban J connectivity index is 2.12. The van der Waals surface area contributed by atoms with Crippen LogP contribution in [-0.4, -0.2) is 53.8 Å². The van der Waals surface area contributed by atoms with Gasteiger partial charge in [0.1, 0.15) is 11.7 Å². The van der Waals surface area contributed by atoms with E-state index in [0.717, 1.165) is 0 Å². The molecule has 1 aliphatic rings. The number of rotatable bonds is 5. The Morgan fingerprint density at radius 3 is 2.47 bits per heavy atom. The van der Waals surface area contributed by atoms with Crippen LogP contribution in [0, 0.1) is 0 Å². The maximum Gasteiger partial charge on any atom is 0.410 e. The lowest BCUT2D eigenvalue weighted by Gasteiger charge is -2.37. The van der Waals surface area contributed by atoms with E-state index >= 15 is 0 Å². The fourth-order valence-corrected chi connectivity index (χ4v) is 2.97. The van der Waals surface area contributed by atoms with E-state index in [9.17, 15) is 14.4 Å². The third-order valence-corrected chi connectivity index (χ3v) is 4.24. The molecule has 2 rings (SSSR count). The lowest BCUT2D eigenvalue weighted by Crippen LogP contribution is -2.51. The first-order chi connectivity index (χ1) is 14.1. The van der Waals surface area contributed by atoms with Gasteiger partial charge >= 0.3 is 18.0 Å². The summed E-state index contributed by atoms with van der Waals surface area (Å²) < 4.78 is 16.0. The number of likely N-dealkylation sites (tertiary alicyclic amines) is 1. The van der Waals surface area contributed by atoms with Crippen LogP contribution in [0.3, 0.4) is 0 Å². The Hall–Kier alpha value is -3.26. The minimum Gasteiger partial charge on any atom is -0.459 e. The number of carbonyl (C=O) groups is 3. The molecular formula is C20H26N4O6. The van der Waals surface area contributed by atoms with Gasteiger partial charge in [0.2, 0.25) is 6.10 Å². The summed E-state index contributed by atoms with van der Waals surface area (Å²) in [4.78, 5) is 40.8. The SMILES string of the molecule is CC(=O)O[C@@H](C(=O)O[C@@H]1CCN(C(=O)OC(C)(C)C)C[C@H]1N=[N+]=[N-])c1ccccc1. The zero-order valence-corrected chi connectivity index (χ0v) is 17.5. The van der Waals surface area contributed by atoms with Gasteiger partial charge in [-0.3, -0.25) is 4.79 Å². The molecule has 1 amide bonds. The van der Waals surface area contributed by atoms with Gasteiger partial charge in [0, 0.05) is 36.9 Å². The zero-order chi connectivity index (χ0) is 22.3. The first-order valence-electron chi connectivity index (χ1n) is 9.55. The van der Waals surface area contributed by atoms with Crippen molar-refractivity contribution in [2.45, 2.75) is 58.0 Å². The third kappa shape index (κ3) is 6.66. The van der Waals surface area contributed by atoms with Crippen molar-refractivity contribution in [3.8, 4) is 0 Å². The maximum absolute atomic E-state index is 12.8. The van der Waals surface area contributed by atoms with Gasteiger partial charge in [-0.15, -0.1) is 0 Å². The second-order valence-electron chi connectivity index (χ2n) is 7.86. The standard InChI is InChI=1S/C20H26N4O6/c1-13(25)28-17(14-8-6-5-7-9-14)18(26)29-16-10-11-24(12-15(16)22-23-21)19(27)30-20(2,3)4/h5-9,15-17H,10-12H2,1-4H3/t15-,16-,17-/m1/s1. The van der Waals surface area contributed by atoms with Crippen LogP contribution in [0.15, 0.2) is 35.4 Å². The van der Waals surface area contributed by atoms with E-state index in [0.29, 0.717) is 5.56 Å². The molecule has 1 aromatic carbocycles. The molecule has 0 spiro atoms. The molecule has 1 saturated heterocycles. The minimum atomic E-state index is -1.24. The highest BCUT2D eigenvalue weighted by Gasteiger charge is 2.37. The molecule has 10 nitrogen and oxygen atoms in total. The normalized spacial score (nSPS) is 19.8.